The van der Waals surface area contributed by atoms with Gasteiger partial charge in [0.15, 0.2) is 0 Å². The van der Waals surface area contributed by atoms with Crippen LogP contribution in [-0.2, 0) is 15.0 Å². The average Bonchev–Trinajstić information content (AvgIpc) is 2.79. The van der Waals surface area contributed by atoms with Crippen molar-refractivity contribution >= 4 is 46.4 Å². The average molecular weight is 683 g/mol. The molecule has 2 amide bonds. The van der Waals surface area contributed by atoms with Gasteiger partial charge in [-0.1, -0.05) is 35.3 Å². The highest BCUT2D eigenvalue weighted by molar-refractivity contribution is 6.20. The van der Waals surface area contributed by atoms with E-state index in [0.717, 1.165) is 0 Å². The van der Waals surface area contributed by atoms with Gasteiger partial charge in [0.05, 0.1) is 11.4 Å². The van der Waals surface area contributed by atoms with E-state index in [2.05, 4.69) is 32.7 Å². The van der Waals surface area contributed by atoms with Crippen molar-refractivity contribution in [2.24, 2.45) is 0 Å². The molecule has 2 aromatic carbocycles. The zero-order valence-corrected chi connectivity index (χ0v) is 22.6. The minimum atomic E-state index is -6.38. The molecule has 20 heteroatoms. The molecule has 0 aliphatic rings. The number of rotatable bonds is 10. The number of benzene rings is 2. The summed E-state index contributed by atoms with van der Waals surface area (Å²) >= 11 is 9.32. The maximum atomic E-state index is 14.7. The summed E-state index contributed by atoms with van der Waals surface area (Å²) in [6, 6.07) is 0.109. The van der Waals surface area contributed by atoms with E-state index < -0.39 is 87.1 Å². The van der Waals surface area contributed by atoms with Crippen LogP contribution in [0.1, 0.15) is 25.0 Å². The summed E-state index contributed by atoms with van der Waals surface area (Å²) in [5.41, 5.74) is -18.3. The second-order valence-electron chi connectivity index (χ2n) is 8.46. The molecule has 2 atom stereocenters. The monoisotopic (exact) mass is 682 g/mol. The molecule has 240 valence electrons. The first-order chi connectivity index (χ1) is 19.4. The Morgan fingerprint density at radius 1 is 0.651 bits per heavy atom. The summed E-state index contributed by atoms with van der Waals surface area (Å²) < 4.78 is 177. The number of ether oxygens (including phenoxy) is 2. The molecule has 2 aromatic rings. The van der Waals surface area contributed by atoms with Crippen LogP contribution in [-0.4, -0.2) is 47.6 Å². The lowest BCUT2D eigenvalue weighted by Gasteiger charge is -2.39. The molecular formula is C23H16Cl2F12N2O4. The van der Waals surface area contributed by atoms with Crippen molar-refractivity contribution in [3.63, 3.8) is 0 Å². The summed E-state index contributed by atoms with van der Waals surface area (Å²) in [6.45, 7) is 1.37. The third-order valence-electron chi connectivity index (χ3n) is 5.30. The second kappa shape index (κ2) is 12.4. The molecule has 43 heavy (non-hydrogen) atoms. The molecule has 0 radical (unpaired) electrons. The zero-order valence-electron chi connectivity index (χ0n) is 21.0. The number of carbonyl (C=O) groups excluding carboxylic acids is 2. The van der Waals surface area contributed by atoms with Crippen molar-refractivity contribution in [2.75, 3.05) is 10.6 Å². The largest absolute Gasteiger partial charge is 0.444 e. The summed E-state index contributed by atoms with van der Waals surface area (Å²) in [5, 5.41) is 3.36. The highest BCUT2D eigenvalue weighted by atomic mass is 35.5. The van der Waals surface area contributed by atoms with E-state index >= 15 is 0 Å². The van der Waals surface area contributed by atoms with Crippen LogP contribution >= 0.6 is 23.2 Å². The third kappa shape index (κ3) is 7.63. The topological polar surface area (TPSA) is 76.7 Å². The molecule has 0 aliphatic heterocycles. The Morgan fingerprint density at radius 2 is 0.953 bits per heavy atom. The van der Waals surface area contributed by atoms with Gasteiger partial charge in [-0.2, -0.15) is 43.9 Å². The van der Waals surface area contributed by atoms with Gasteiger partial charge in [0, 0.05) is 13.8 Å². The van der Waals surface area contributed by atoms with Gasteiger partial charge in [0.2, 0.25) is 17.2 Å². The number of amides is 2. The molecule has 0 aromatic heterocycles. The highest BCUT2D eigenvalue weighted by Gasteiger charge is 2.72. The molecule has 0 heterocycles. The lowest BCUT2D eigenvalue weighted by molar-refractivity contribution is -0.288. The molecule has 6 nitrogen and oxygen atoms in total. The van der Waals surface area contributed by atoms with Gasteiger partial charge in [-0.25, -0.2) is 8.78 Å². The SMILES string of the molecule is CC(=O)Nc1cc(C(c2ccc(OC(F)(F)C(F)Cl)c(NC(C)=O)c2)(C(F)(F)F)C(F)(F)F)ccc1OC(F)(F)C(F)Cl. The number of anilines is 2. The van der Waals surface area contributed by atoms with Gasteiger partial charge in [-0.05, 0) is 35.4 Å². The fourth-order valence-electron chi connectivity index (χ4n) is 3.64. The van der Waals surface area contributed by atoms with Crippen molar-refractivity contribution in [3.05, 3.63) is 47.5 Å². The number of hydrogen-bond donors (Lipinski definition) is 2. The summed E-state index contributed by atoms with van der Waals surface area (Å²) in [5.74, 6) is -5.04. The smallest absolute Gasteiger partial charge is 0.427 e. The highest BCUT2D eigenvalue weighted by Crippen LogP contribution is 2.58. The van der Waals surface area contributed by atoms with E-state index in [1.165, 1.54) is 0 Å². The lowest BCUT2D eigenvalue weighted by Crippen LogP contribution is -2.54. The normalized spacial score (nSPS) is 14.5. The van der Waals surface area contributed by atoms with Crippen molar-refractivity contribution < 1.29 is 71.7 Å². The second-order valence-corrected chi connectivity index (χ2v) is 9.23. The predicted molar refractivity (Wildman–Crippen MR) is 127 cm³/mol. The van der Waals surface area contributed by atoms with E-state index in [1.807, 2.05) is 0 Å². The van der Waals surface area contributed by atoms with Gasteiger partial charge < -0.3 is 20.1 Å². The first-order valence-corrected chi connectivity index (χ1v) is 11.9. The van der Waals surface area contributed by atoms with Gasteiger partial charge in [0.1, 0.15) is 11.5 Å². The third-order valence-corrected chi connectivity index (χ3v) is 5.81. The van der Waals surface area contributed by atoms with Crippen molar-refractivity contribution in [1.82, 2.24) is 0 Å². The standard InChI is InChI=1S/C23H16Cl2F12N2O4/c1-9(40)38-13-7-11(3-5-15(13)42-20(28,29)17(24)26)19(22(32,33)34,23(35,36)37)12-4-6-16(14(8-12)39-10(2)41)43-21(30,31)18(25)27/h3-8,17-18H,1-2H3,(H,38,40)(H,39,41). The summed E-state index contributed by atoms with van der Waals surface area (Å²) in [4.78, 5) is 23.2. The summed E-state index contributed by atoms with van der Waals surface area (Å²) in [6.07, 6.45) is -22.5. The van der Waals surface area contributed by atoms with Gasteiger partial charge in [-0.15, -0.1) is 0 Å². The van der Waals surface area contributed by atoms with E-state index in [4.69, 9.17) is 0 Å². The molecule has 2 N–H and O–H groups in total. The Hall–Kier alpha value is -3.28. The minimum Gasteiger partial charge on any atom is -0.427 e. The van der Waals surface area contributed by atoms with Crippen LogP contribution in [0.5, 0.6) is 11.5 Å². The predicted octanol–water partition coefficient (Wildman–Crippen LogP) is 8.03. The molecule has 0 aliphatic carbocycles. The first-order valence-electron chi connectivity index (χ1n) is 11.0. The van der Waals surface area contributed by atoms with E-state index in [1.54, 1.807) is 10.6 Å². The Balaban J connectivity index is 2.98. The Morgan fingerprint density at radius 3 is 1.19 bits per heavy atom. The van der Waals surface area contributed by atoms with E-state index in [0.29, 0.717) is 13.8 Å². The Bertz CT molecular complexity index is 1250. The zero-order chi connectivity index (χ0) is 33.3. The maximum Gasteiger partial charge on any atom is 0.444 e. The van der Waals surface area contributed by atoms with Crippen LogP contribution < -0.4 is 20.1 Å². The Labute approximate surface area is 243 Å². The lowest BCUT2D eigenvalue weighted by atomic mass is 9.72. The van der Waals surface area contributed by atoms with Gasteiger partial charge >= 0.3 is 24.6 Å². The maximum absolute atomic E-state index is 14.7. The molecule has 0 bridgehead atoms. The van der Waals surface area contributed by atoms with Crippen molar-refractivity contribution in [1.29, 1.82) is 0 Å². The Kier molecular flexibility index (Phi) is 10.3. The van der Waals surface area contributed by atoms with Crippen LogP contribution in [0.25, 0.3) is 0 Å². The van der Waals surface area contributed by atoms with Crippen molar-refractivity contribution in [2.45, 2.75) is 55.1 Å². The molecule has 0 fully saturated rings. The number of nitrogens with one attached hydrogen (secondary N) is 2. The van der Waals surface area contributed by atoms with Crippen LogP contribution in [0.15, 0.2) is 36.4 Å². The van der Waals surface area contributed by atoms with Crippen LogP contribution in [0, 0.1) is 0 Å². The number of alkyl halides is 14. The quantitative estimate of drug-likeness (QED) is 0.197. The van der Waals surface area contributed by atoms with Crippen molar-refractivity contribution in [3.8, 4) is 11.5 Å². The van der Waals surface area contributed by atoms with Crippen LogP contribution in [0.3, 0.4) is 0 Å². The van der Waals surface area contributed by atoms with Crippen LogP contribution in [0.4, 0.5) is 64.1 Å². The van der Waals surface area contributed by atoms with Crippen LogP contribution in [0.2, 0.25) is 0 Å². The fraction of sp³-hybridized carbons (Fsp3) is 0.391. The summed E-state index contributed by atoms with van der Waals surface area (Å²) in [7, 11) is 0. The first kappa shape index (κ1) is 35.9. The van der Waals surface area contributed by atoms with Gasteiger partial charge in [0.25, 0.3) is 11.3 Å². The number of halogens is 14. The van der Waals surface area contributed by atoms with Gasteiger partial charge in [-0.3, -0.25) is 9.59 Å². The fourth-order valence-corrected chi connectivity index (χ4v) is 3.73. The number of hydrogen-bond acceptors (Lipinski definition) is 4. The molecule has 0 spiro atoms. The molecule has 0 saturated carbocycles. The van der Waals surface area contributed by atoms with E-state index in [-0.39, 0.29) is 36.4 Å². The molecule has 2 unspecified atom stereocenters. The van der Waals surface area contributed by atoms with E-state index in [9.17, 15) is 62.3 Å². The molecule has 2 rings (SSSR count). The molecule has 0 saturated heterocycles. The molecular weight excluding hydrogens is 667 g/mol. The number of carbonyl (C=O) groups is 2. The minimum absolute atomic E-state index is 0.00297.